The highest BCUT2D eigenvalue weighted by molar-refractivity contribution is 6.33. The first-order valence-electron chi connectivity index (χ1n) is 7.14. The van der Waals surface area contributed by atoms with Gasteiger partial charge in [-0.05, 0) is 58.3 Å². The SMILES string of the molecule is CCN(CCCN(C)C)CC(=O)Nc1cc(N)ccc1Cl. The fourth-order valence-electron chi connectivity index (χ4n) is 1.99. The lowest BCUT2D eigenvalue weighted by Crippen LogP contribution is -2.35. The first-order chi connectivity index (χ1) is 9.92. The molecule has 0 saturated carbocycles. The molecular formula is C15H25ClN4O. The van der Waals surface area contributed by atoms with Crippen LogP contribution >= 0.6 is 11.6 Å². The maximum Gasteiger partial charge on any atom is 0.238 e. The van der Waals surface area contributed by atoms with Crippen LogP contribution in [0.15, 0.2) is 18.2 Å². The summed E-state index contributed by atoms with van der Waals surface area (Å²) in [4.78, 5) is 16.3. The van der Waals surface area contributed by atoms with Crippen molar-refractivity contribution < 1.29 is 4.79 Å². The van der Waals surface area contributed by atoms with Gasteiger partial charge in [-0.1, -0.05) is 18.5 Å². The van der Waals surface area contributed by atoms with E-state index in [4.69, 9.17) is 17.3 Å². The number of nitrogens with two attached hydrogens (primary N) is 1. The Labute approximate surface area is 132 Å². The van der Waals surface area contributed by atoms with Gasteiger partial charge in [0.1, 0.15) is 0 Å². The highest BCUT2D eigenvalue weighted by atomic mass is 35.5. The molecule has 0 heterocycles. The second kappa shape index (κ2) is 8.87. The molecule has 0 radical (unpaired) electrons. The number of nitrogen functional groups attached to an aromatic ring is 1. The number of carbonyl (C=O) groups is 1. The molecule has 1 aromatic rings. The van der Waals surface area contributed by atoms with Gasteiger partial charge < -0.3 is 16.0 Å². The van der Waals surface area contributed by atoms with Crippen LogP contribution in [0.4, 0.5) is 11.4 Å². The van der Waals surface area contributed by atoms with Crippen molar-refractivity contribution in [3.05, 3.63) is 23.2 Å². The first kappa shape index (κ1) is 17.8. The predicted octanol–water partition coefficient (Wildman–Crippen LogP) is 2.13. The summed E-state index contributed by atoms with van der Waals surface area (Å²) in [6.45, 7) is 5.16. The number of likely N-dealkylation sites (N-methyl/N-ethyl adjacent to an activating group) is 1. The van der Waals surface area contributed by atoms with E-state index in [2.05, 4.69) is 22.0 Å². The molecule has 0 aromatic heterocycles. The molecule has 1 rings (SSSR count). The lowest BCUT2D eigenvalue weighted by atomic mass is 10.2. The van der Waals surface area contributed by atoms with Crippen LogP contribution in [0.1, 0.15) is 13.3 Å². The Bertz CT molecular complexity index is 465. The topological polar surface area (TPSA) is 61.6 Å². The summed E-state index contributed by atoms with van der Waals surface area (Å²) in [5.74, 6) is -0.0748. The number of nitrogens with zero attached hydrogens (tertiary/aromatic N) is 2. The minimum Gasteiger partial charge on any atom is -0.399 e. The van der Waals surface area contributed by atoms with E-state index in [1.165, 1.54) is 0 Å². The number of carbonyl (C=O) groups excluding carboxylic acids is 1. The van der Waals surface area contributed by atoms with Crippen molar-refractivity contribution in [1.29, 1.82) is 0 Å². The van der Waals surface area contributed by atoms with E-state index in [0.717, 1.165) is 26.1 Å². The molecule has 0 aliphatic rings. The van der Waals surface area contributed by atoms with Gasteiger partial charge in [0.25, 0.3) is 0 Å². The minimum atomic E-state index is -0.0748. The maximum atomic E-state index is 12.1. The Morgan fingerprint density at radius 1 is 1.33 bits per heavy atom. The largest absolute Gasteiger partial charge is 0.399 e. The summed E-state index contributed by atoms with van der Waals surface area (Å²) < 4.78 is 0. The Hall–Kier alpha value is -1.30. The molecule has 118 valence electrons. The lowest BCUT2D eigenvalue weighted by molar-refractivity contribution is -0.117. The molecule has 0 aliphatic heterocycles. The molecule has 0 atom stereocenters. The molecule has 0 bridgehead atoms. The van der Waals surface area contributed by atoms with Crippen LogP contribution in [0.25, 0.3) is 0 Å². The van der Waals surface area contributed by atoms with Crippen molar-refractivity contribution in [1.82, 2.24) is 9.80 Å². The second-order valence-electron chi connectivity index (χ2n) is 5.31. The average molecular weight is 313 g/mol. The number of amides is 1. The van der Waals surface area contributed by atoms with Crippen LogP contribution in [0.5, 0.6) is 0 Å². The second-order valence-corrected chi connectivity index (χ2v) is 5.72. The normalized spacial score (nSPS) is 11.1. The van der Waals surface area contributed by atoms with Gasteiger partial charge in [-0.3, -0.25) is 9.69 Å². The molecule has 0 unspecified atom stereocenters. The molecule has 0 spiro atoms. The Morgan fingerprint density at radius 3 is 2.67 bits per heavy atom. The van der Waals surface area contributed by atoms with E-state index in [1.807, 2.05) is 14.1 Å². The Balaban J connectivity index is 2.49. The number of benzene rings is 1. The predicted molar refractivity (Wildman–Crippen MR) is 89.8 cm³/mol. The fraction of sp³-hybridized carbons (Fsp3) is 0.533. The first-order valence-corrected chi connectivity index (χ1v) is 7.52. The molecule has 5 nitrogen and oxygen atoms in total. The molecule has 6 heteroatoms. The third-order valence-electron chi connectivity index (χ3n) is 3.16. The zero-order valence-corrected chi connectivity index (χ0v) is 13.8. The van der Waals surface area contributed by atoms with E-state index in [-0.39, 0.29) is 5.91 Å². The summed E-state index contributed by atoms with van der Waals surface area (Å²) in [5.41, 5.74) is 6.84. The third kappa shape index (κ3) is 6.80. The van der Waals surface area contributed by atoms with Crippen molar-refractivity contribution >= 4 is 28.9 Å². The van der Waals surface area contributed by atoms with Gasteiger partial charge in [0, 0.05) is 5.69 Å². The quantitative estimate of drug-likeness (QED) is 0.722. The van der Waals surface area contributed by atoms with Crippen LogP contribution in [-0.4, -0.2) is 56.0 Å². The molecule has 0 saturated heterocycles. The monoisotopic (exact) mass is 312 g/mol. The number of halogens is 1. The van der Waals surface area contributed by atoms with E-state index >= 15 is 0 Å². The van der Waals surface area contributed by atoms with E-state index in [1.54, 1.807) is 18.2 Å². The van der Waals surface area contributed by atoms with Gasteiger partial charge >= 0.3 is 0 Å². The number of anilines is 2. The number of hydrogen-bond acceptors (Lipinski definition) is 4. The molecule has 0 fully saturated rings. The van der Waals surface area contributed by atoms with Gasteiger partial charge in [-0.25, -0.2) is 0 Å². The van der Waals surface area contributed by atoms with Gasteiger partial charge in [0.15, 0.2) is 0 Å². The Kier molecular flexibility index (Phi) is 7.50. The summed E-state index contributed by atoms with van der Waals surface area (Å²) in [7, 11) is 4.09. The summed E-state index contributed by atoms with van der Waals surface area (Å²) in [6, 6.07) is 5.06. The average Bonchev–Trinajstić information content (AvgIpc) is 2.41. The van der Waals surface area contributed by atoms with Crippen LogP contribution in [0.3, 0.4) is 0 Å². The van der Waals surface area contributed by atoms with Crippen LogP contribution in [0.2, 0.25) is 5.02 Å². The molecule has 3 N–H and O–H groups in total. The number of rotatable bonds is 8. The Morgan fingerprint density at radius 2 is 2.05 bits per heavy atom. The highest BCUT2D eigenvalue weighted by Crippen LogP contribution is 2.23. The molecule has 1 aromatic carbocycles. The molecule has 21 heavy (non-hydrogen) atoms. The fourth-order valence-corrected chi connectivity index (χ4v) is 2.16. The lowest BCUT2D eigenvalue weighted by Gasteiger charge is -2.21. The van der Waals surface area contributed by atoms with Gasteiger partial charge in [0.2, 0.25) is 5.91 Å². The maximum absolute atomic E-state index is 12.1. The molecule has 0 aliphatic carbocycles. The van der Waals surface area contributed by atoms with E-state index in [0.29, 0.717) is 22.9 Å². The van der Waals surface area contributed by atoms with Crippen LogP contribution < -0.4 is 11.1 Å². The van der Waals surface area contributed by atoms with Crippen molar-refractivity contribution in [3.63, 3.8) is 0 Å². The van der Waals surface area contributed by atoms with E-state index < -0.39 is 0 Å². The minimum absolute atomic E-state index is 0.0748. The summed E-state index contributed by atoms with van der Waals surface area (Å²) in [6.07, 6.45) is 1.03. The summed E-state index contributed by atoms with van der Waals surface area (Å²) in [5, 5.41) is 3.31. The summed E-state index contributed by atoms with van der Waals surface area (Å²) >= 11 is 6.04. The van der Waals surface area contributed by atoms with Gasteiger partial charge in [0.05, 0.1) is 17.3 Å². The van der Waals surface area contributed by atoms with Crippen molar-refractivity contribution in [2.75, 3.05) is 51.3 Å². The van der Waals surface area contributed by atoms with Crippen molar-refractivity contribution in [2.45, 2.75) is 13.3 Å². The molecular weight excluding hydrogens is 288 g/mol. The van der Waals surface area contributed by atoms with Gasteiger partial charge in [-0.15, -0.1) is 0 Å². The third-order valence-corrected chi connectivity index (χ3v) is 3.49. The van der Waals surface area contributed by atoms with Crippen LogP contribution in [0, 0.1) is 0 Å². The standard InChI is InChI=1S/C15H25ClN4O/c1-4-20(9-5-8-19(2)3)11-15(21)18-14-10-12(17)6-7-13(14)16/h6-7,10H,4-5,8-9,11,17H2,1-3H3,(H,18,21). The van der Waals surface area contributed by atoms with Crippen LogP contribution in [-0.2, 0) is 4.79 Å². The molecule has 1 amide bonds. The van der Waals surface area contributed by atoms with Crippen molar-refractivity contribution in [2.24, 2.45) is 0 Å². The smallest absolute Gasteiger partial charge is 0.238 e. The van der Waals surface area contributed by atoms with Crippen molar-refractivity contribution in [3.8, 4) is 0 Å². The van der Waals surface area contributed by atoms with Gasteiger partial charge in [-0.2, -0.15) is 0 Å². The van der Waals surface area contributed by atoms with E-state index in [9.17, 15) is 4.79 Å². The number of nitrogens with one attached hydrogen (secondary N) is 1. The zero-order valence-electron chi connectivity index (χ0n) is 13.0. The number of hydrogen-bond donors (Lipinski definition) is 2. The highest BCUT2D eigenvalue weighted by Gasteiger charge is 2.11. The zero-order chi connectivity index (χ0) is 15.8.